The number of hydrogen-bond donors (Lipinski definition) is 2. The molecule has 0 amide bonds. The molecular weight excluding hydrogens is 584 g/mol. The third-order valence-electron chi connectivity index (χ3n) is 9.53. The van der Waals surface area contributed by atoms with Crippen LogP contribution in [-0.4, -0.2) is 63.2 Å². The van der Waals surface area contributed by atoms with Crippen LogP contribution >= 0.6 is 0 Å². The fourth-order valence-corrected chi connectivity index (χ4v) is 6.52. The van der Waals surface area contributed by atoms with Crippen molar-refractivity contribution in [3.05, 3.63) is 0 Å². The van der Waals surface area contributed by atoms with Gasteiger partial charge in [-0.1, -0.05) is 122 Å². The van der Waals surface area contributed by atoms with Crippen LogP contribution in [0.5, 0.6) is 0 Å². The van der Waals surface area contributed by atoms with Gasteiger partial charge in [0.05, 0.1) is 14.2 Å². The summed E-state index contributed by atoms with van der Waals surface area (Å²) in [7, 11) is 6.04. The molecule has 0 radical (unpaired) electrons. The first kappa shape index (κ1) is 44.8. The molecule has 0 heterocycles. The van der Waals surface area contributed by atoms with Crippen molar-refractivity contribution < 1.29 is 38.7 Å². The molecule has 0 aliphatic heterocycles. The first-order chi connectivity index (χ1) is 22.4. The zero-order valence-corrected chi connectivity index (χ0v) is 30.5. The van der Waals surface area contributed by atoms with Crippen molar-refractivity contribution in [1.29, 1.82) is 0 Å². The quantitative estimate of drug-likeness (QED) is 0.0394. The average Bonchev–Trinajstić information content (AvgIpc) is 3.07. The van der Waals surface area contributed by atoms with Crippen LogP contribution in [0.4, 0.5) is 0 Å². The van der Waals surface area contributed by atoms with E-state index in [1.54, 1.807) is 14.2 Å². The highest BCUT2D eigenvalue weighted by Gasteiger charge is 2.17. The van der Waals surface area contributed by atoms with Crippen LogP contribution < -0.4 is 0 Å². The molecule has 2 N–H and O–H groups in total. The van der Waals surface area contributed by atoms with Crippen LogP contribution in [0.1, 0.15) is 180 Å². The smallest absolute Gasteiger partial charge is 0.305 e. The standard InChI is InChI=1S/C38H74O8/c1-43-35(39)28-20-11-7-5-9-16-24-33(26-18-13-14-22-30-37(41)45-3)32-34(27-19-15-23-31-38(42)46-4)25-17-10-6-8-12-21-29-36(40)44-2/h33-34,37-38,41-42H,5-32H2,1-4H3. The molecule has 0 bridgehead atoms. The number of aliphatic hydroxyl groups is 2. The average molecular weight is 659 g/mol. The minimum atomic E-state index is -0.640. The van der Waals surface area contributed by atoms with Crippen LogP contribution in [0.2, 0.25) is 0 Å². The van der Waals surface area contributed by atoms with Gasteiger partial charge in [-0.05, 0) is 56.8 Å². The summed E-state index contributed by atoms with van der Waals surface area (Å²) < 4.78 is 19.5. The van der Waals surface area contributed by atoms with Gasteiger partial charge in [0.25, 0.3) is 0 Å². The number of unbranched alkanes of at least 4 members (excludes halogenated alkanes) is 15. The summed E-state index contributed by atoms with van der Waals surface area (Å²) in [5.74, 6) is 1.32. The molecule has 0 aliphatic carbocycles. The van der Waals surface area contributed by atoms with E-state index in [0.29, 0.717) is 25.7 Å². The Hall–Kier alpha value is -1.22. The van der Waals surface area contributed by atoms with Gasteiger partial charge in [0.15, 0.2) is 12.6 Å². The SMILES string of the molecule is COC(=O)CCCCCCCCC(CCCCCCC(O)OC)CC(CCCCCCCCC(=O)OC)CCCCCC(O)OC. The summed E-state index contributed by atoms with van der Waals surface area (Å²) in [4.78, 5) is 22.7. The molecule has 46 heavy (non-hydrogen) atoms. The Kier molecular flexibility index (Phi) is 32.8. The Balaban J connectivity index is 4.82. The highest BCUT2D eigenvalue weighted by molar-refractivity contribution is 5.69. The van der Waals surface area contributed by atoms with Gasteiger partial charge >= 0.3 is 11.9 Å². The van der Waals surface area contributed by atoms with Gasteiger partial charge < -0.3 is 29.2 Å². The molecule has 0 spiro atoms. The molecule has 0 aromatic rings. The molecule has 8 heteroatoms. The lowest BCUT2D eigenvalue weighted by Crippen LogP contribution is -2.11. The van der Waals surface area contributed by atoms with Crippen molar-refractivity contribution in [3.8, 4) is 0 Å². The predicted molar refractivity (Wildman–Crippen MR) is 186 cm³/mol. The molecule has 0 aliphatic rings. The second-order valence-electron chi connectivity index (χ2n) is 13.5. The van der Waals surface area contributed by atoms with Gasteiger partial charge in [-0.15, -0.1) is 0 Å². The number of carbonyl (C=O) groups is 2. The molecule has 0 fully saturated rings. The predicted octanol–water partition coefficient (Wildman–Crippen LogP) is 9.42. The Morgan fingerprint density at radius 1 is 0.413 bits per heavy atom. The van der Waals surface area contributed by atoms with E-state index in [4.69, 9.17) is 18.9 Å². The van der Waals surface area contributed by atoms with Gasteiger partial charge in [0, 0.05) is 27.1 Å². The second-order valence-corrected chi connectivity index (χ2v) is 13.5. The summed E-state index contributed by atoms with van der Waals surface area (Å²) in [6, 6.07) is 0. The fraction of sp³-hybridized carbons (Fsp3) is 0.947. The van der Waals surface area contributed by atoms with Crippen molar-refractivity contribution in [3.63, 3.8) is 0 Å². The van der Waals surface area contributed by atoms with Crippen molar-refractivity contribution >= 4 is 11.9 Å². The third-order valence-corrected chi connectivity index (χ3v) is 9.53. The van der Waals surface area contributed by atoms with Gasteiger partial charge in [0.2, 0.25) is 0 Å². The Morgan fingerprint density at radius 3 is 0.978 bits per heavy atom. The van der Waals surface area contributed by atoms with Gasteiger partial charge in [-0.2, -0.15) is 0 Å². The van der Waals surface area contributed by atoms with E-state index >= 15 is 0 Å². The van der Waals surface area contributed by atoms with E-state index in [0.717, 1.165) is 63.2 Å². The number of esters is 2. The number of rotatable bonds is 35. The lowest BCUT2D eigenvalue weighted by Gasteiger charge is -2.24. The van der Waals surface area contributed by atoms with Crippen molar-refractivity contribution in [2.45, 2.75) is 192 Å². The first-order valence-corrected chi connectivity index (χ1v) is 18.9. The minimum absolute atomic E-state index is 0.101. The van der Waals surface area contributed by atoms with Gasteiger partial charge in [-0.25, -0.2) is 0 Å². The Bertz CT molecular complexity index is 673. The van der Waals surface area contributed by atoms with Gasteiger partial charge in [-0.3, -0.25) is 9.59 Å². The lowest BCUT2D eigenvalue weighted by atomic mass is 9.82. The number of ether oxygens (including phenoxy) is 4. The van der Waals surface area contributed by atoms with Crippen molar-refractivity contribution in [2.24, 2.45) is 11.8 Å². The zero-order chi connectivity index (χ0) is 34.1. The monoisotopic (exact) mass is 659 g/mol. The summed E-state index contributed by atoms with van der Waals surface area (Å²) in [5, 5.41) is 19.4. The minimum Gasteiger partial charge on any atom is -0.469 e. The Morgan fingerprint density at radius 2 is 0.674 bits per heavy atom. The molecular formula is C38H74O8. The van der Waals surface area contributed by atoms with E-state index in [2.05, 4.69) is 0 Å². The molecule has 4 unspecified atom stereocenters. The molecule has 0 rings (SSSR count). The maximum atomic E-state index is 11.3. The maximum absolute atomic E-state index is 11.3. The summed E-state index contributed by atoms with van der Waals surface area (Å²) in [6.07, 6.45) is 29.7. The molecule has 0 aromatic carbocycles. The van der Waals surface area contributed by atoms with Crippen LogP contribution in [0.3, 0.4) is 0 Å². The summed E-state index contributed by atoms with van der Waals surface area (Å²) >= 11 is 0. The molecule has 274 valence electrons. The molecule has 8 nitrogen and oxygen atoms in total. The van der Waals surface area contributed by atoms with E-state index in [1.807, 2.05) is 0 Å². The Labute approximate surface area is 283 Å². The number of methoxy groups -OCH3 is 4. The topological polar surface area (TPSA) is 112 Å². The molecule has 4 atom stereocenters. The van der Waals surface area contributed by atoms with Crippen LogP contribution in [0.15, 0.2) is 0 Å². The van der Waals surface area contributed by atoms with Crippen LogP contribution in [-0.2, 0) is 28.5 Å². The normalized spacial score (nSPS) is 14.1. The van der Waals surface area contributed by atoms with E-state index in [-0.39, 0.29) is 11.9 Å². The summed E-state index contributed by atoms with van der Waals surface area (Å²) in [6.45, 7) is 0. The molecule has 0 aromatic heterocycles. The van der Waals surface area contributed by atoms with Crippen LogP contribution in [0, 0.1) is 11.8 Å². The fourth-order valence-electron chi connectivity index (χ4n) is 6.52. The van der Waals surface area contributed by atoms with Crippen LogP contribution in [0.25, 0.3) is 0 Å². The summed E-state index contributed by atoms with van der Waals surface area (Å²) in [5.41, 5.74) is 0. The maximum Gasteiger partial charge on any atom is 0.305 e. The first-order valence-electron chi connectivity index (χ1n) is 18.9. The van der Waals surface area contributed by atoms with E-state index in [1.165, 1.54) is 117 Å². The highest BCUT2D eigenvalue weighted by Crippen LogP contribution is 2.31. The van der Waals surface area contributed by atoms with Crippen molar-refractivity contribution in [1.82, 2.24) is 0 Å². The lowest BCUT2D eigenvalue weighted by molar-refractivity contribution is -0.141. The van der Waals surface area contributed by atoms with Gasteiger partial charge in [0.1, 0.15) is 0 Å². The number of carbonyl (C=O) groups excluding carboxylic acids is 2. The molecule has 0 saturated carbocycles. The largest absolute Gasteiger partial charge is 0.469 e. The highest BCUT2D eigenvalue weighted by atomic mass is 16.6. The second kappa shape index (κ2) is 33.7. The van der Waals surface area contributed by atoms with E-state index in [9.17, 15) is 19.8 Å². The number of aliphatic hydroxyl groups excluding tert-OH is 2. The van der Waals surface area contributed by atoms with E-state index < -0.39 is 12.6 Å². The number of hydrogen-bond acceptors (Lipinski definition) is 8. The third kappa shape index (κ3) is 30.1. The van der Waals surface area contributed by atoms with Crippen molar-refractivity contribution in [2.75, 3.05) is 28.4 Å². The zero-order valence-electron chi connectivity index (χ0n) is 30.5. The molecule has 0 saturated heterocycles.